The third-order valence-corrected chi connectivity index (χ3v) is 6.17. The lowest BCUT2D eigenvalue weighted by molar-refractivity contribution is -0.136. The second-order valence-corrected chi connectivity index (χ2v) is 9.21. The van der Waals surface area contributed by atoms with Gasteiger partial charge in [0.2, 0.25) is 5.91 Å². The van der Waals surface area contributed by atoms with Crippen LogP contribution in [0.15, 0.2) is 48.5 Å². The summed E-state index contributed by atoms with van der Waals surface area (Å²) in [6.07, 6.45) is 0. The van der Waals surface area contributed by atoms with Crippen molar-refractivity contribution in [2.24, 2.45) is 11.8 Å². The number of carbonyl (C=O) groups is 1. The van der Waals surface area contributed by atoms with Gasteiger partial charge in [-0.2, -0.15) is 0 Å². The van der Waals surface area contributed by atoms with E-state index in [0.29, 0.717) is 6.54 Å². The molecule has 2 atom stereocenters. The molecule has 4 nitrogen and oxygen atoms in total. The van der Waals surface area contributed by atoms with Crippen LogP contribution in [0.5, 0.6) is 5.75 Å². The number of amides is 1. The van der Waals surface area contributed by atoms with Gasteiger partial charge in [-0.25, -0.2) is 4.39 Å². The summed E-state index contributed by atoms with van der Waals surface area (Å²) in [6, 6.07) is 15.2. The van der Waals surface area contributed by atoms with Crippen molar-refractivity contribution in [2.75, 3.05) is 26.7 Å². The van der Waals surface area contributed by atoms with Crippen LogP contribution in [0.1, 0.15) is 44.7 Å². The Kier molecular flexibility index (Phi) is 7.71. The van der Waals surface area contributed by atoms with Crippen molar-refractivity contribution < 1.29 is 13.9 Å². The van der Waals surface area contributed by atoms with E-state index in [0.717, 1.165) is 30.9 Å². The van der Waals surface area contributed by atoms with Gasteiger partial charge in [0.15, 0.2) is 0 Å². The monoisotopic (exact) mass is 426 g/mol. The van der Waals surface area contributed by atoms with Crippen LogP contribution >= 0.6 is 0 Å². The summed E-state index contributed by atoms with van der Waals surface area (Å²) in [5, 5.41) is 0. The number of benzene rings is 2. The second kappa shape index (κ2) is 10.3. The first kappa shape index (κ1) is 23.3. The number of carbonyl (C=O) groups excluding carboxylic acids is 1. The van der Waals surface area contributed by atoms with E-state index < -0.39 is 0 Å². The number of ether oxygens (including phenoxy) is 1. The molecule has 0 N–H and O–H groups in total. The molecule has 0 saturated carbocycles. The minimum Gasteiger partial charge on any atom is -0.497 e. The van der Waals surface area contributed by atoms with E-state index >= 15 is 0 Å². The number of methoxy groups -OCH3 is 1. The van der Waals surface area contributed by atoms with E-state index in [4.69, 9.17) is 4.74 Å². The molecule has 0 bridgehead atoms. The van der Waals surface area contributed by atoms with E-state index in [2.05, 4.69) is 30.9 Å². The van der Waals surface area contributed by atoms with Gasteiger partial charge in [0, 0.05) is 44.1 Å². The number of halogens is 1. The maximum atomic E-state index is 14.0. The zero-order valence-electron chi connectivity index (χ0n) is 19.3. The Balaban J connectivity index is 1.83. The highest BCUT2D eigenvalue weighted by Crippen LogP contribution is 2.35. The molecule has 1 amide bonds. The zero-order valence-corrected chi connectivity index (χ0v) is 19.3. The van der Waals surface area contributed by atoms with Crippen molar-refractivity contribution in [1.29, 1.82) is 0 Å². The number of hydrogen-bond acceptors (Lipinski definition) is 3. The van der Waals surface area contributed by atoms with Gasteiger partial charge in [-0.15, -0.1) is 0 Å². The fraction of sp³-hybridized carbons (Fsp3) is 0.500. The van der Waals surface area contributed by atoms with Gasteiger partial charge < -0.3 is 9.64 Å². The zero-order chi connectivity index (χ0) is 22.5. The Morgan fingerprint density at radius 3 is 2.52 bits per heavy atom. The van der Waals surface area contributed by atoms with Gasteiger partial charge in [0.25, 0.3) is 0 Å². The standard InChI is InChI=1S/C26H35FN2O2/c1-18(2)26(30)29(19(3)4)16-22-15-28(14-20-8-6-11-24(12-20)31-5)17-25(22)21-9-7-10-23(27)13-21/h6-13,18-19,22,25H,14-17H2,1-5H3/t22-,25+/m1/s1. The number of likely N-dealkylation sites (tertiary alicyclic amines) is 1. The Bertz CT molecular complexity index is 883. The van der Waals surface area contributed by atoms with E-state index in [1.54, 1.807) is 19.2 Å². The Labute approximate surface area is 186 Å². The maximum Gasteiger partial charge on any atom is 0.225 e. The Morgan fingerprint density at radius 2 is 1.87 bits per heavy atom. The highest BCUT2D eigenvalue weighted by Gasteiger charge is 2.36. The SMILES string of the molecule is COc1cccc(CN2C[C@H](CN(C(=O)C(C)C)C(C)C)[C@H](c3cccc(F)c3)C2)c1. The predicted octanol–water partition coefficient (Wildman–Crippen LogP) is 4.94. The first-order chi connectivity index (χ1) is 14.8. The topological polar surface area (TPSA) is 32.8 Å². The molecular weight excluding hydrogens is 391 g/mol. The van der Waals surface area contributed by atoms with Gasteiger partial charge in [-0.05, 0) is 55.2 Å². The first-order valence-electron chi connectivity index (χ1n) is 11.2. The van der Waals surface area contributed by atoms with Gasteiger partial charge in [0.1, 0.15) is 11.6 Å². The van der Waals surface area contributed by atoms with Crippen LogP contribution in [0.4, 0.5) is 4.39 Å². The van der Waals surface area contributed by atoms with Crippen molar-refractivity contribution in [3.8, 4) is 5.75 Å². The molecule has 0 unspecified atom stereocenters. The van der Waals surface area contributed by atoms with Crippen LogP contribution in [0.2, 0.25) is 0 Å². The van der Waals surface area contributed by atoms with Crippen LogP contribution in [0.25, 0.3) is 0 Å². The molecule has 1 aliphatic heterocycles. The summed E-state index contributed by atoms with van der Waals surface area (Å²) in [5.74, 6) is 1.22. The molecule has 0 aromatic heterocycles. The summed E-state index contributed by atoms with van der Waals surface area (Å²) in [4.78, 5) is 17.3. The third kappa shape index (κ3) is 5.85. The summed E-state index contributed by atoms with van der Waals surface area (Å²) in [6.45, 7) is 11.2. The fourth-order valence-corrected chi connectivity index (χ4v) is 4.56. The lowest BCUT2D eigenvalue weighted by atomic mass is 9.88. The van der Waals surface area contributed by atoms with E-state index in [1.165, 1.54) is 11.6 Å². The van der Waals surface area contributed by atoms with Gasteiger partial charge in [-0.1, -0.05) is 38.1 Å². The third-order valence-electron chi connectivity index (χ3n) is 6.17. The van der Waals surface area contributed by atoms with Crippen molar-refractivity contribution in [3.63, 3.8) is 0 Å². The van der Waals surface area contributed by atoms with Crippen LogP contribution < -0.4 is 4.74 Å². The molecule has 5 heteroatoms. The van der Waals surface area contributed by atoms with E-state index in [-0.39, 0.29) is 35.5 Å². The Morgan fingerprint density at radius 1 is 1.13 bits per heavy atom. The molecule has 1 saturated heterocycles. The van der Waals surface area contributed by atoms with E-state index in [9.17, 15) is 9.18 Å². The minimum absolute atomic E-state index is 0.0377. The van der Waals surface area contributed by atoms with Crippen LogP contribution in [-0.4, -0.2) is 48.5 Å². The highest BCUT2D eigenvalue weighted by molar-refractivity contribution is 5.78. The van der Waals surface area contributed by atoms with Gasteiger partial charge >= 0.3 is 0 Å². The highest BCUT2D eigenvalue weighted by atomic mass is 19.1. The average molecular weight is 427 g/mol. The van der Waals surface area contributed by atoms with Crippen LogP contribution in [-0.2, 0) is 11.3 Å². The molecule has 0 spiro atoms. The van der Waals surface area contributed by atoms with Crippen molar-refractivity contribution >= 4 is 5.91 Å². The van der Waals surface area contributed by atoms with Crippen molar-refractivity contribution in [3.05, 3.63) is 65.5 Å². The molecule has 3 rings (SSSR count). The molecule has 0 radical (unpaired) electrons. The lowest BCUT2D eigenvalue weighted by Gasteiger charge is -2.33. The molecule has 168 valence electrons. The summed E-state index contributed by atoms with van der Waals surface area (Å²) in [7, 11) is 1.68. The van der Waals surface area contributed by atoms with Crippen molar-refractivity contribution in [2.45, 2.75) is 46.2 Å². The number of hydrogen-bond donors (Lipinski definition) is 0. The fourth-order valence-electron chi connectivity index (χ4n) is 4.56. The van der Waals surface area contributed by atoms with Crippen molar-refractivity contribution in [1.82, 2.24) is 9.80 Å². The first-order valence-corrected chi connectivity index (χ1v) is 11.2. The quantitative estimate of drug-likeness (QED) is 0.599. The largest absolute Gasteiger partial charge is 0.497 e. The van der Waals surface area contributed by atoms with E-state index in [1.807, 2.05) is 36.9 Å². The van der Waals surface area contributed by atoms with Crippen LogP contribution in [0, 0.1) is 17.7 Å². The molecule has 1 fully saturated rings. The summed E-state index contributed by atoms with van der Waals surface area (Å²) >= 11 is 0. The minimum atomic E-state index is -0.207. The van der Waals surface area contributed by atoms with Gasteiger partial charge in [-0.3, -0.25) is 9.69 Å². The lowest BCUT2D eigenvalue weighted by Crippen LogP contribution is -2.43. The molecule has 2 aromatic rings. The second-order valence-electron chi connectivity index (χ2n) is 9.21. The molecule has 1 aliphatic rings. The van der Waals surface area contributed by atoms with Crippen LogP contribution in [0.3, 0.4) is 0 Å². The number of rotatable bonds is 8. The summed E-state index contributed by atoms with van der Waals surface area (Å²) in [5.41, 5.74) is 2.20. The predicted molar refractivity (Wildman–Crippen MR) is 123 cm³/mol. The molecule has 2 aromatic carbocycles. The molecule has 0 aliphatic carbocycles. The van der Waals surface area contributed by atoms with Gasteiger partial charge in [0.05, 0.1) is 7.11 Å². The average Bonchev–Trinajstić information content (AvgIpc) is 3.13. The molecule has 31 heavy (non-hydrogen) atoms. The number of nitrogens with zero attached hydrogens (tertiary/aromatic N) is 2. The molecule has 1 heterocycles. The normalized spacial score (nSPS) is 19.2. The molecular formula is C26H35FN2O2. The smallest absolute Gasteiger partial charge is 0.225 e. The maximum absolute atomic E-state index is 14.0. The Hall–Kier alpha value is -2.40. The summed E-state index contributed by atoms with van der Waals surface area (Å²) < 4.78 is 19.4.